The summed E-state index contributed by atoms with van der Waals surface area (Å²) in [6.07, 6.45) is 3.86. The van der Waals surface area contributed by atoms with Crippen molar-refractivity contribution < 1.29 is 22.7 Å². The molecule has 12 nitrogen and oxygen atoms in total. The van der Waals surface area contributed by atoms with E-state index in [1.807, 2.05) is 38.1 Å². The molecule has 0 aliphatic carbocycles. The fourth-order valence-corrected chi connectivity index (χ4v) is 7.85. The van der Waals surface area contributed by atoms with Crippen LogP contribution in [0.15, 0.2) is 35.1 Å². The zero-order valence-electron chi connectivity index (χ0n) is 25.5. The molecule has 2 bridgehead atoms. The number of hydrogen-bond donors (Lipinski definition) is 2. The summed E-state index contributed by atoms with van der Waals surface area (Å²) in [6.45, 7) is 6.97. The first-order valence-corrected chi connectivity index (χ1v) is 17.1. The number of piperidine rings is 1. The maximum atomic E-state index is 13.5. The summed E-state index contributed by atoms with van der Waals surface area (Å²) in [4.78, 5) is 43.6. The molecule has 3 aliphatic heterocycles. The molecule has 0 radical (unpaired) electrons. The lowest BCUT2D eigenvalue weighted by molar-refractivity contribution is 0.0142. The van der Waals surface area contributed by atoms with E-state index in [4.69, 9.17) is 4.74 Å². The predicted molar refractivity (Wildman–Crippen MR) is 165 cm³/mol. The molecular weight excluding hydrogens is 572 g/mol. The number of alkyl carbamates (subject to hydrolysis) is 1. The van der Waals surface area contributed by atoms with Crippen molar-refractivity contribution in [2.45, 2.75) is 69.8 Å². The quantitative estimate of drug-likeness (QED) is 0.434. The van der Waals surface area contributed by atoms with Crippen LogP contribution < -0.4 is 16.2 Å². The van der Waals surface area contributed by atoms with Crippen LogP contribution in [0.1, 0.15) is 55.9 Å². The first-order valence-electron chi connectivity index (χ1n) is 15.2. The Kier molecular flexibility index (Phi) is 9.45. The molecule has 5 rings (SSSR count). The van der Waals surface area contributed by atoms with Crippen molar-refractivity contribution in [3.8, 4) is 0 Å². The van der Waals surface area contributed by atoms with Crippen molar-refractivity contribution >= 4 is 32.9 Å². The Balaban J connectivity index is 1.24. The highest BCUT2D eigenvalue weighted by Crippen LogP contribution is 2.36. The number of rotatable bonds is 9. The van der Waals surface area contributed by atoms with Gasteiger partial charge < -0.3 is 19.9 Å². The first kappa shape index (κ1) is 31.4. The number of fused-ring (bicyclic) bond motifs is 3. The highest BCUT2D eigenvalue weighted by atomic mass is 32.2. The molecule has 2 unspecified atom stereocenters. The van der Waals surface area contributed by atoms with Gasteiger partial charge in [0.1, 0.15) is 11.7 Å². The van der Waals surface area contributed by atoms with E-state index in [9.17, 15) is 22.8 Å². The molecule has 236 valence electrons. The molecule has 13 heteroatoms. The van der Waals surface area contributed by atoms with Crippen LogP contribution in [0.4, 0.5) is 4.79 Å². The van der Waals surface area contributed by atoms with Gasteiger partial charge in [0.2, 0.25) is 10.0 Å². The fourth-order valence-electron chi connectivity index (χ4n) is 7.02. The number of nitrogens with zero attached hydrogens (tertiary/aromatic N) is 4. The Hall–Kier alpha value is -3.00. The molecule has 43 heavy (non-hydrogen) atoms. The van der Waals surface area contributed by atoms with E-state index in [1.54, 1.807) is 10.6 Å². The van der Waals surface area contributed by atoms with Crippen molar-refractivity contribution in [3.05, 3.63) is 46.2 Å². The minimum atomic E-state index is -3.23. The number of aromatic nitrogens is 1. The third kappa shape index (κ3) is 7.05. The average molecular weight is 617 g/mol. The largest absolute Gasteiger partial charge is 0.444 e. The van der Waals surface area contributed by atoms with Gasteiger partial charge in [-0.3, -0.25) is 19.4 Å². The molecule has 1 aromatic heterocycles. The molecular formula is C30H44N6O6S. The second-order valence-corrected chi connectivity index (χ2v) is 14.3. The van der Waals surface area contributed by atoms with Gasteiger partial charge in [-0.25, -0.2) is 13.2 Å². The predicted octanol–water partition coefficient (Wildman–Crippen LogP) is 1.61. The van der Waals surface area contributed by atoms with Crippen LogP contribution in [-0.2, 0) is 14.8 Å². The Morgan fingerprint density at radius 2 is 1.67 bits per heavy atom. The zero-order chi connectivity index (χ0) is 30.9. The van der Waals surface area contributed by atoms with Crippen molar-refractivity contribution in [2.75, 3.05) is 52.6 Å². The summed E-state index contributed by atoms with van der Waals surface area (Å²) < 4.78 is 32.8. The molecule has 0 spiro atoms. The van der Waals surface area contributed by atoms with E-state index in [-0.39, 0.29) is 47.3 Å². The highest BCUT2D eigenvalue weighted by molar-refractivity contribution is 7.88. The minimum absolute atomic E-state index is 0.0537. The van der Waals surface area contributed by atoms with Crippen LogP contribution in [0.5, 0.6) is 0 Å². The summed E-state index contributed by atoms with van der Waals surface area (Å²) in [5.41, 5.74) is 0.701. The standard InChI is InChI=1S/C30H44N6O6S/c1-20(2)36-27-8-6-5-7-21(27)15-26(29(36)38)28(37)32-22-16-23-9-10-24(17-22)35(23)19-25(42-30(39)31-3)18-33-11-13-34(14-12-33)43(4,40)41/h5-8,15,20,22-25H,9-14,16-19H2,1-4H3,(H,31,39)(H,32,37)/t22?,23-,24+,25?. The number of carbonyl (C=O) groups excluding carboxylic acids is 2. The lowest BCUT2D eigenvalue weighted by Crippen LogP contribution is -2.55. The summed E-state index contributed by atoms with van der Waals surface area (Å²) in [6, 6.07) is 9.65. The molecule has 2 aromatic rings. The van der Waals surface area contributed by atoms with Gasteiger partial charge >= 0.3 is 6.09 Å². The van der Waals surface area contributed by atoms with Crippen LogP contribution in [0.2, 0.25) is 0 Å². The van der Waals surface area contributed by atoms with Crippen molar-refractivity contribution in [2.24, 2.45) is 0 Å². The number of piperazine rings is 1. The minimum Gasteiger partial charge on any atom is -0.444 e. The molecule has 4 atom stereocenters. The van der Waals surface area contributed by atoms with Gasteiger partial charge in [-0.1, -0.05) is 18.2 Å². The van der Waals surface area contributed by atoms with Gasteiger partial charge in [-0.2, -0.15) is 4.31 Å². The van der Waals surface area contributed by atoms with Gasteiger partial charge in [0, 0.05) is 70.5 Å². The number of sulfonamides is 1. The van der Waals surface area contributed by atoms with E-state index < -0.39 is 16.1 Å². The molecule has 4 heterocycles. The number of carbonyl (C=O) groups is 2. The molecule has 1 aromatic carbocycles. The van der Waals surface area contributed by atoms with Gasteiger partial charge in [0.05, 0.1) is 11.8 Å². The third-order valence-electron chi connectivity index (χ3n) is 9.08. The number of benzene rings is 1. The second-order valence-electron chi connectivity index (χ2n) is 12.3. The van der Waals surface area contributed by atoms with Gasteiger partial charge in [-0.05, 0) is 57.0 Å². The number of para-hydroxylation sites is 1. The molecule has 3 aliphatic rings. The van der Waals surface area contributed by atoms with Crippen LogP contribution in [0.3, 0.4) is 0 Å². The van der Waals surface area contributed by atoms with E-state index in [0.29, 0.717) is 39.3 Å². The molecule has 2 N–H and O–H groups in total. The summed E-state index contributed by atoms with van der Waals surface area (Å²) in [5.74, 6) is -0.336. The average Bonchev–Trinajstić information content (AvgIpc) is 3.18. The Bertz CT molecular complexity index is 1490. The van der Waals surface area contributed by atoms with Crippen LogP contribution in [0, 0.1) is 0 Å². The molecule has 3 saturated heterocycles. The Morgan fingerprint density at radius 3 is 2.28 bits per heavy atom. The maximum absolute atomic E-state index is 13.5. The summed E-state index contributed by atoms with van der Waals surface area (Å²) >= 11 is 0. The molecule has 3 fully saturated rings. The third-order valence-corrected chi connectivity index (χ3v) is 10.4. The van der Waals surface area contributed by atoms with Crippen molar-refractivity contribution in [1.82, 2.24) is 29.3 Å². The number of ether oxygens (including phenoxy) is 1. The van der Waals surface area contributed by atoms with E-state index in [2.05, 4.69) is 20.4 Å². The van der Waals surface area contributed by atoms with E-state index >= 15 is 0 Å². The molecule has 0 saturated carbocycles. The lowest BCUT2D eigenvalue weighted by atomic mass is 9.96. The maximum Gasteiger partial charge on any atom is 0.407 e. The number of pyridine rings is 1. The van der Waals surface area contributed by atoms with Crippen LogP contribution >= 0.6 is 0 Å². The van der Waals surface area contributed by atoms with Crippen molar-refractivity contribution in [3.63, 3.8) is 0 Å². The second kappa shape index (κ2) is 12.9. The Labute approximate surface area is 253 Å². The molecule has 2 amide bonds. The monoisotopic (exact) mass is 616 g/mol. The van der Waals surface area contributed by atoms with Crippen molar-refractivity contribution in [1.29, 1.82) is 0 Å². The Morgan fingerprint density at radius 1 is 1.02 bits per heavy atom. The van der Waals surface area contributed by atoms with Gasteiger partial charge in [0.15, 0.2) is 0 Å². The number of nitrogens with one attached hydrogen (secondary N) is 2. The van der Waals surface area contributed by atoms with E-state index in [1.165, 1.54) is 17.6 Å². The normalized spacial score (nSPS) is 24.3. The highest BCUT2D eigenvalue weighted by Gasteiger charge is 2.43. The van der Waals surface area contributed by atoms with Gasteiger partial charge in [-0.15, -0.1) is 0 Å². The summed E-state index contributed by atoms with van der Waals surface area (Å²) in [5, 5.41) is 6.57. The summed E-state index contributed by atoms with van der Waals surface area (Å²) in [7, 11) is -1.69. The first-order chi connectivity index (χ1) is 20.4. The number of amides is 2. The van der Waals surface area contributed by atoms with E-state index in [0.717, 1.165) is 36.6 Å². The topological polar surface area (TPSA) is 133 Å². The number of hydrogen-bond acceptors (Lipinski definition) is 8. The van der Waals surface area contributed by atoms with Crippen LogP contribution in [0.25, 0.3) is 10.9 Å². The lowest BCUT2D eigenvalue weighted by Gasteiger charge is -2.41. The smallest absolute Gasteiger partial charge is 0.407 e. The van der Waals surface area contributed by atoms with Gasteiger partial charge in [0.25, 0.3) is 11.5 Å². The zero-order valence-corrected chi connectivity index (χ0v) is 26.3. The SMILES string of the molecule is CNC(=O)OC(CN1CCN(S(C)(=O)=O)CC1)CN1[C@@H]2CC[C@H]1CC(NC(=O)c1cc3ccccc3n(C(C)C)c1=O)C2. The fraction of sp³-hybridized carbons (Fsp3) is 0.633. The van der Waals surface area contributed by atoms with Crippen LogP contribution in [-0.4, -0.2) is 116 Å².